The quantitative estimate of drug-likeness (QED) is 0.613. The molecule has 0 saturated carbocycles. The van der Waals surface area contributed by atoms with E-state index in [1.807, 2.05) is 65.6 Å². The number of benzene rings is 2. The van der Waals surface area contributed by atoms with E-state index in [2.05, 4.69) is 15.1 Å². The number of nitrogens with zero attached hydrogens (tertiary/aromatic N) is 4. The number of rotatable bonds is 6. The largest absolute Gasteiger partial charge is 0.497 e. The molecule has 7 nitrogen and oxygen atoms in total. The molecule has 0 N–H and O–H groups in total. The zero-order valence-corrected chi connectivity index (χ0v) is 17.8. The van der Waals surface area contributed by atoms with Gasteiger partial charge in [-0.05, 0) is 42.0 Å². The van der Waals surface area contributed by atoms with Crippen LogP contribution in [0, 0.1) is 0 Å². The van der Waals surface area contributed by atoms with Crippen LogP contribution in [0.5, 0.6) is 11.5 Å². The van der Waals surface area contributed by atoms with Gasteiger partial charge in [0.15, 0.2) is 5.82 Å². The summed E-state index contributed by atoms with van der Waals surface area (Å²) in [6.07, 6.45) is 0.400. The number of piperazine rings is 1. The fourth-order valence-corrected chi connectivity index (χ4v) is 3.71. The van der Waals surface area contributed by atoms with Crippen molar-refractivity contribution in [3.05, 3.63) is 66.2 Å². The number of para-hydroxylation sites is 1. The topological polar surface area (TPSA) is 67.8 Å². The number of hydrogen-bond acceptors (Lipinski definition) is 6. The van der Waals surface area contributed by atoms with Gasteiger partial charge < -0.3 is 19.3 Å². The fraction of sp³-hybridized carbons (Fsp3) is 0.292. The number of aromatic nitrogens is 2. The maximum atomic E-state index is 12.7. The van der Waals surface area contributed by atoms with Crippen LogP contribution in [0.4, 0.5) is 5.82 Å². The van der Waals surface area contributed by atoms with E-state index in [0.717, 1.165) is 47.2 Å². The summed E-state index contributed by atoms with van der Waals surface area (Å²) >= 11 is 0. The van der Waals surface area contributed by atoms with Crippen molar-refractivity contribution in [1.29, 1.82) is 0 Å². The number of amides is 1. The SMILES string of the molecule is COc1ccc(CC(=O)N2CCN(c3ccc(-c4ccccc4OC)nn3)CC2)cc1. The van der Waals surface area contributed by atoms with Gasteiger partial charge in [0.25, 0.3) is 0 Å². The van der Waals surface area contributed by atoms with Gasteiger partial charge in [0.1, 0.15) is 11.5 Å². The average molecular weight is 418 g/mol. The summed E-state index contributed by atoms with van der Waals surface area (Å²) in [5, 5.41) is 8.81. The molecule has 4 rings (SSSR count). The van der Waals surface area contributed by atoms with Crippen molar-refractivity contribution in [3.63, 3.8) is 0 Å². The molecular weight excluding hydrogens is 392 g/mol. The maximum absolute atomic E-state index is 12.7. The smallest absolute Gasteiger partial charge is 0.227 e. The first-order valence-corrected chi connectivity index (χ1v) is 10.3. The Balaban J connectivity index is 1.34. The van der Waals surface area contributed by atoms with E-state index in [1.165, 1.54) is 0 Å². The van der Waals surface area contributed by atoms with Crippen molar-refractivity contribution in [1.82, 2.24) is 15.1 Å². The van der Waals surface area contributed by atoms with Crippen LogP contribution in [0.1, 0.15) is 5.56 Å². The van der Waals surface area contributed by atoms with Gasteiger partial charge in [-0.2, -0.15) is 0 Å². The van der Waals surface area contributed by atoms with Crippen molar-refractivity contribution in [3.8, 4) is 22.8 Å². The lowest BCUT2D eigenvalue weighted by atomic mass is 10.1. The second-order valence-electron chi connectivity index (χ2n) is 7.37. The van der Waals surface area contributed by atoms with Crippen LogP contribution < -0.4 is 14.4 Å². The van der Waals surface area contributed by atoms with Crippen LogP contribution in [0.25, 0.3) is 11.3 Å². The van der Waals surface area contributed by atoms with Crippen LogP contribution in [0.2, 0.25) is 0 Å². The molecular formula is C24H26N4O3. The predicted molar refractivity (Wildman–Crippen MR) is 120 cm³/mol. The molecule has 1 aliphatic heterocycles. The molecule has 1 saturated heterocycles. The van der Waals surface area contributed by atoms with Crippen molar-refractivity contribution in [2.45, 2.75) is 6.42 Å². The molecule has 0 bridgehead atoms. The molecule has 1 aromatic heterocycles. The van der Waals surface area contributed by atoms with Gasteiger partial charge in [0.2, 0.25) is 5.91 Å². The van der Waals surface area contributed by atoms with Gasteiger partial charge in [0.05, 0.1) is 26.3 Å². The Morgan fingerprint density at radius 3 is 2.26 bits per heavy atom. The number of hydrogen-bond donors (Lipinski definition) is 0. The predicted octanol–water partition coefficient (Wildman–Crippen LogP) is 3.05. The second kappa shape index (κ2) is 9.47. The fourth-order valence-electron chi connectivity index (χ4n) is 3.71. The average Bonchev–Trinajstić information content (AvgIpc) is 2.84. The molecule has 1 aliphatic rings. The third-order valence-electron chi connectivity index (χ3n) is 5.50. The van der Waals surface area contributed by atoms with Crippen molar-refractivity contribution in [2.75, 3.05) is 45.3 Å². The van der Waals surface area contributed by atoms with Crippen LogP contribution in [-0.2, 0) is 11.2 Å². The highest BCUT2D eigenvalue weighted by molar-refractivity contribution is 5.79. The minimum Gasteiger partial charge on any atom is -0.497 e. The summed E-state index contributed by atoms with van der Waals surface area (Å²) in [7, 11) is 3.28. The molecule has 2 aromatic carbocycles. The number of ether oxygens (including phenoxy) is 2. The zero-order valence-electron chi connectivity index (χ0n) is 17.8. The van der Waals surface area contributed by atoms with Crippen LogP contribution >= 0.6 is 0 Å². The van der Waals surface area contributed by atoms with E-state index in [-0.39, 0.29) is 5.91 Å². The van der Waals surface area contributed by atoms with Gasteiger partial charge >= 0.3 is 0 Å². The molecule has 0 radical (unpaired) electrons. The van der Waals surface area contributed by atoms with Crippen LogP contribution in [0.3, 0.4) is 0 Å². The van der Waals surface area contributed by atoms with E-state index in [9.17, 15) is 4.79 Å². The minimum absolute atomic E-state index is 0.141. The van der Waals surface area contributed by atoms with E-state index in [0.29, 0.717) is 19.5 Å². The Hall–Kier alpha value is -3.61. The Morgan fingerprint density at radius 1 is 0.871 bits per heavy atom. The molecule has 0 atom stereocenters. The first-order valence-electron chi connectivity index (χ1n) is 10.3. The van der Waals surface area contributed by atoms with Crippen LogP contribution in [0.15, 0.2) is 60.7 Å². The number of carbonyl (C=O) groups excluding carboxylic acids is 1. The third kappa shape index (κ3) is 4.77. The lowest BCUT2D eigenvalue weighted by Crippen LogP contribution is -2.49. The van der Waals surface area contributed by atoms with Crippen molar-refractivity contribution < 1.29 is 14.3 Å². The molecule has 2 heterocycles. The highest BCUT2D eigenvalue weighted by atomic mass is 16.5. The molecule has 31 heavy (non-hydrogen) atoms. The molecule has 0 spiro atoms. The molecule has 0 unspecified atom stereocenters. The molecule has 1 fully saturated rings. The summed E-state index contributed by atoms with van der Waals surface area (Å²) in [4.78, 5) is 16.7. The standard InChI is InChI=1S/C24H26N4O3/c1-30-19-9-7-18(8-10-19)17-24(29)28-15-13-27(14-16-28)23-12-11-21(25-26-23)20-5-3-4-6-22(20)31-2/h3-12H,13-17H2,1-2H3. The maximum Gasteiger partial charge on any atom is 0.227 e. The molecule has 3 aromatic rings. The number of methoxy groups -OCH3 is 2. The summed E-state index contributed by atoms with van der Waals surface area (Å²) in [6, 6.07) is 19.3. The monoisotopic (exact) mass is 418 g/mol. The molecule has 7 heteroatoms. The zero-order chi connectivity index (χ0) is 21.6. The van der Waals surface area contributed by atoms with Gasteiger partial charge in [-0.1, -0.05) is 24.3 Å². The van der Waals surface area contributed by atoms with Gasteiger partial charge in [-0.25, -0.2) is 0 Å². The first-order chi connectivity index (χ1) is 15.2. The molecule has 0 aliphatic carbocycles. The Labute approximate surface area is 182 Å². The second-order valence-corrected chi connectivity index (χ2v) is 7.37. The molecule has 1 amide bonds. The minimum atomic E-state index is 0.141. The lowest BCUT2D eigenvalue weighted by Gasteiger charge is -2.35. The van der Waals surface area contributed by atoms with E-state index >= 15 is 0 Å². The van der Waals surface area contributed by atoms with E-state index < -0.39 is 0 Å². The number of carbonyl (C=O) groups is 1. The van der Waals surface area contributed by atoms with Crippen molar-refractivity contribution >= 4 is 11.7 Å². The van der Waals surface area contributed by atoms with E-state index in [1.54, 1.807) is 14.2 Å². The Morgan fingerprint density at radius 2 is 1.61 bits per heavy atom. The molecule has 160 valence electrons. The van der Waals surface area contributed by atoms with E-state index in [4.69, 9.17) is 9.47 Å². The van der Waals surface area contributed by atoms with Crippen molar-refractivity contribution in [2.24, 2.45) is 0 Å². The third-order valence-corrected chi connectivity index (χ3v) is 5.50. The lowest BCUT2D eigenvalue weighted by molar-refractivity contribution is -0.130. The van der Waals surface area contributed by atoms with Gasteiger partial charge in [0, 0.05) is 31.7 Å². The summed E-state index contributed by atoms with van der Waals surface area (Å²) in [6.45, 7) is 2.81. The van der Waals surface area contributed by atoms with Crippen LogP contribution in [-0.4, -0.2) is 61.4 Å². The summed E-state index contributed by atoms with van der Waals surface area (Å²) in [5.74, 6) is 2.53. The Kier molecular flexibility index (Phi) is 6.31. The number of anilines is 1. The first kappa shape index (κ1) is 20.7. The van der Waals surface area contributed by atoms with Gasteiger partial charge in [-0.3, -0.25) is 4.79 Å². The van der Waals surface area contributed by atoms with Gasteiger partial charge in [-0.15, -0.1) is 10.2 Å². The Bertz CT molecular complexity index is 1010. The highest BCUT2D eigenvalue weighted by Crippen LogP contribution is 2.28. The normalized spacial score (nSPS) is 13.7. The summed E-state index contributed by atoms with van der Waals surface area (Å²) in [5.41, 5.74) is 2.68. The highest BCUT2D eigenvalue weighted by Gasteiger charge is 2.22. The summed E-state index contributed by atoms with van der Waals surface area (Å²) < 4.78 is 10.6.